The minimum Gasteiger partial charge on any atom is -0.308 e. The second-order valence-electron chi connectivity index (χ2n) is 14.4. The van der Waals surface area contributed by atoms with Gasteiger partial charge in [-0.2, -0.15) is 26.3 Å². The predicted molar refractivity (Wildman–Crippen MR) is 214 cm³/mol. The molecule has 0 unspecified atom stereocenters. The number of nitrogens with zero attached hydrogens (tertiary/aromatic N) is 2. The first kappa shape index (κ1) is 36.7. The van der Waals surface area contributed by atoms with Crippen LogP contribution in [0.4, 0.5) is 32.0 Å². The third-order valence-electron chi connectivity index (χ3n) is 10.8. The average molecular weight is 781 g/mol. The summed E-state index contributed by atoms with van der Waals surface area (Å²) in [4.78, 5) is 29.8. The lowest BCUT2D eigenvalue weighted by Gasteiger charge is -2.16. The molecule has 0 atom stereocenters. The van der Waals surface area contributed by atoms with Crippen LogP contribution in [0, 0.1) is 13.8 Å². The van der Waals surface area contributed by atoms with Crippen LogP contribution in [-0.2, 0) is 12.4 Å². The molecule has 9 rings (SSSR count). The maximum Gasteiger partial charge on any atom is 0.417 e. The molecular weight excluding hydrogens is 751 g/mol. The summed E-state index contributed by atoms with van der Waals surface area (Å²) in [5.74, 6) is -1.12. The van der Waals surface area contributed by atoms with Crippen LogP contribution < -0.4 is 4.90 Å². The van der Waals surface area contributed by atoms with Crippen molar-refractivity contribution < 1.29 is 35.9 Å². The normalized spacial score (nSPS) is 13.2. The van der Waals surface area contributed by atoms with Gasteiger partial charge in [0, 0.05) is 10.8 Å². The topological polar surface area (TPSA) is 42.3 Å². The molecule has 0 aliphatic carbocycles. The number of imide groups is 1. The first-order valence-corrected chi connectivity index (χ1v) is 18.3. The second kappa shape index (κ2) is 13.3. The van der Waals surface area contributed by atoms with E-state index in [1.54, 1.807) is 85.1 Å². The number of benzene rings is 7. The zero-order chi connectivity index (χ0) is 40.7. The number of hydrogen-bond donors (Lipinski definition) is 0. The van der Waals surface area contributed by atoms with Crippen molar-refractivity contribution >= 4 is 39.3 Å². The molecule has 7 aromatic carbocycles. The molecule has 58 heavy (non-hydrogen) atoms. The molecule has 0 saturated carbocycles. The van der Waals surface area contributed by atoms with Crippen LogP contribution in [0.2, 0.25) is 0 Å². The van der Waals surface area contributed by atoms with Crippen molar-refractivity contribution in [2.45, 2.75) is 26.2 Å². The van der Waals surface area contributed by atoms with E-state index in [1.165, 1.54) is 12.1 Å². The number of rotatable bonds is 5. The van der Waals surface area contributed by atoms with Crippen molar-refractivity contribution in [1.29, 1.82) is 0 Å². The SMILES string of the molecule is Cc1ccc(-c2ccc3c4ccc(-c5ccc(C(F)(F)F)cc5C)cc4n(-c4cccc5c4C(=O)N(c4ccc(-c6ccccc6)cc4)C5=O)c3c2)c(C(F)(F)F)c1. The second-order valence-corrected chi connectivity index (χ2v) is 14.4. The van der Waals surface area contributed by atoms with Gasteiger partial charge in [0.1, 0.15) is 0 Å². The number of alkyl halides is 6. The summed E-state index contributed by atoms with van der Waals surface area (Å²) >= 11 is 0. The number of aromatic nitrogens is 1. The molecule has 4 nitrogen and oxygen atoms in total. The highest BCUT2D eigenvalue weighted by atomic mass is 19.4. The van der Waals surface area contributed by atoms with Gasteiger partial charge in [0.05, 0.1) is 44.7 Å². The molecule has 0 bridgehead atoms. The highest BCUT2D eigenvalue weighted by Gasteiger charge is 2.40. The Balaban J connectivity index is 1.26. The molecule has 2 heterocycles. The third kappa shape index (κ3) is 6.03. The van der Waals surface area contributed by atoms with Gasteiger partial charge in [-0.05, 0) is 107 Å². The van der Waals surface area contributed by atoms with Gasteiger partial charge < -0.3 is 4.57 Å². The Labute approximate surface area is 328 Å². The minimum atomic E-state index is -4.65. The van der Waals surface area contributed by atoms with Crippen LogP contribution in [0.25, 0.3) is 60.9 Å². The van der Waals surface area contributed by atoms with Gasteiger partial charge in [0.25, 0.3) is 11.8 Å². The van der Waals surface area contributed by atoms with Gasteiger partial charge in [-0.1, -0.05) is 96.6 Å². The van der Waals surface area contributed by atoms with Crippen LogP contribution in [0.15, 0.2) is 146 Å². The Morgan fingerprint density at radius 2 is 1.09 bits per heavy atom. The third-order valence-corrected chi connectivity index (χ3v) is 10.8. The molecule has 2 amide bonds. The van der Waals surface area contributed by atoms with E-state index in [-0.39, 0.29) is 22.3 Å². The lowest BCUT2D eigenvalue weighted by molar-refractivity contribution is -0.138. The molecule has 0 saturated heterocycles. The number of amides is 2. The van der Waals surface area contributed by atoms with Crippen LogP contribution in [0.1, 0.15) is 43.0 Å². The van der Waals surface area contributed by atoms with E-state index in [1.807, 2.05) is 48.5 Å². The maximum atomic E-state index is 14.5. The zero-order valence-electron chi connectivity index (χ0n) is 30.8. The molecule has 10 heteroatoms. The molecule has 0 N–H and O–H groups in total. The largest absolute Gasteiger partial charge is 0.417 e. The fourth-order valence-electron chi connectivity index (χ4n) is 8.04. The van der Waals surface area contributed by atoms with Crippen molar-refractivity contribution in [3.05, 3.63) is 179 Å². The van der Waals surface area contributed by atoms with E-state index in [4.69, 9.17) is 0 Å². The lowest BCUT2D eigenvalue weighted by atomic mass is 9.96. The molecule has 1 aromatic heterocycles. The van der Waals surface area contributed by atoms with Crippen molar-refractivity contribution in [2.24, 2.45) is 0 Å². The Kier molecular flexibility index (Phi) is 8.43. The Hall–Kier alpha value is -6.94. The molecule has 1 aliphatic heterocycles. The molecule has 0 spiro atoms. The standard InChI is InChI=1S/C48H30F6N2O2/c1-27-11-19-36(40(23-27)48(52,53)54)32-15-21-38-37-20-14-31(35-22-16-33(24-28(35)2)47(49,50)51)25-42(37)56(43(38)26-32)41-10-6-9-39-44(41)46(58)55(45(39)57)34-17-12-30(13-18-34)29-7-4-3-5-8-29/h3-26H,1-2H3. The number of anilines is 1. The first-order valence-electron chi connectivity index (χ1n) is 18.3. The number of halogens is 6. The van der Waals surface area contributed by atoms with E-state index in [9.17, 15) is 35.9 Å². The number of carbonyl (C=O) groups excluding carboxylic acids is 2. The molecule has 0 fully saturated rings. The molecule has 0 radical (unpaired) electrons. The van der Waals surface area contributed by atoms with Crippen molar-refractivity contribution in [2.75, 3.05) is 4.90 Å². The van der Waals surface area contributed by atoms with Crippen LogP contribution in [0.3, 0.4) is 0 Å². The van der Waals surface area contributed by atoms with Crippen molar-refractivity contribution in [3.63, 3.8) is 0 Å². The highest BCUT2D eigenvalue weighted by Crippen LogP contribution is 2.43. The van der Waals surface area contributed by atoms with E-state index >= 15 is 0 Å². The fourth-order valence-corrected chi connectivity index (χ4v) is 8.04. The Morgan fingerprint density at radius 3 is 1.71 bits per heavy atom. The van der Waals surface area contributed by atoms with Gasteiger partial charge in [-0.15, -0.1) is 0 Å². The summed E-state index contributed by atoms with van der Waals surface area (Å²) in [5.41, 5.74) is 4.37. The smallest absolute Gasteiger partial charge is 0.308 e. The van der Waals surface area contributed by atoms with Gasteiger partial charge in [-0.3, -0.25) is 9.59 Å². The average Bonchev–Trinajstić information content (AvgIpc) is 3.66. The maximum absolute atomic E-state index is 14.5. The Morgan fingerprint density at radius 1 is 0.483 bits per heavy atom. The summed E-state index contributed by atoms with van der Waals surface area (Å²) < 4.78 is 85.9. The van der Waals surface area contributed by atoms with E-state index in [0.717, 1.165) is 34.2 Å². The van der Waals surface area contributed by atoms with E-state index < -0.39 is 35.3 Å². The van der Waals surface area contributed by atoms with Gasteiger partial charge in [-0.25, -0.2) is 4.90 Å². The van der Waals surface area contributed by atoms with E-state index in [0.29, 0.717) is 55.4 Å². The molecule has 1 aliphatic rings. The fraction of sp³-hybridized carbons (Fsp3) is 0.0833. The summed E-state index contributed by atoms with van der Waals surface area (Å²) in [6.07, 6.45) is -9.18. The van der Waals surface area contributed by atoms with Crippen LogP contribution in [-0.4, -0.2) is 16.4 Å². The monoisotopic (exact) mass is 780 g/mol. The number of carbonyl (C=O) groups is 2. The summed E-state index contributed by atoms with van der Waals surface area (Å²) in [7, 11) is 0. The summed E-state index contributed by atoms with van der Waals surface area (Å²) in [5, 5.41) is 1.33. The minimum absolute atomic E-state index is 0.0347. The lowest BCUT2D eigenvalue weighted by Crippen LogP contribution is -2.29. The number of aryl methyl sites for hydroxylation is 2. The predicted octanol–water partition coefficient (Wildman–Crippen LogP) is 13.2. The van der Waals surface area contributed by atoms with Crippen molar-refractivity contribution in [3.8, 4) is 39.1 Å². The number of hydrogen-bond acceptors (Lipinski definition) is 2. The van der Waals surface area contributed by atoms with Gasteiger partial charge in [0.2, 0.25) is 0 Å². The number of fused-ring (bicyclic) bond motifs is 4. The quantitative estimate of drug-likeness (QED) is 0.129. The molecular formula is C48H30F6N2O2. The van der Waals surface area contributed by atoms with Gasteiger partial charge in [0.15, 0.2) is 0 Å². The molecule has 286 valence electrons. The first-order chi connectivity index (χ1) is 27.7. The van der Waals surface area contributed by atoms with E-state index in [2.05, 4.69) is 0 Å². The van der Waals surface area contributed by atoms with Crippen LogP contribution in [0.5, 0.6) is 0 Å². The summed E-state index contributed by atoms with van der Waals surface area (Å²) in [6.45, 7) is 3.18. The Bertz CT molecular complexity index is 2980. The summed E-state index contributed by atoms with van der Waals surface area (Å²) in [6, 6.07) is 39.6. The van der Waals surface area contributed by atoms with Crippen molar-refractivity contribution in [1.82, 2.24) is 4.57 Å². The zero-order valence-corrected chi connectivity index (χ0v) is 30.8. The molecule has 8 aromatic rings. The van der Waals surface area contributed by atoms with Gasteiger partial charge >= 0.3 is 12.4 Å². The van der Waals surface area contributed by atoms with Crippen LogP contribution >= 0.6 is 0 Å². The highest BCUT2D eigenvalue weighted by molar-refractivity contribution is 6.35.